The molecule has 0 aromatic carbocycles. The molecule has 1 heterocycles. The highest BCUT2D eigenvalue weighted by Crippen LogP contribution is 2.48. The second kappa shape index (κ2) is 4.05. The Balaban J connectivity index is 2.10. The van der Waals surface area contributed by atoms with Gasteiger partial charge in [-0.2, -0.15) is 0 Å². The maximum absolute atomic E-state index is 12.0. The summed E-state index contributed by atoms with van der Waals surface area (Å²) in [5.41, 5.74) is -0.530. The van der Waals surface area contributed by atoms with Gasteiger partial charge in [0.05, 0.1) is 6.04 Å². The summed E-state index contributed by atoms with van der Waals surface area (Å²) in [5.74, 6) is 0.475. The summed E-state index contributed by atoms with van der Waals surface area (Å²) in [4.78, 5) is 13.6. The number of fused-ring (bicyclic) bond motifs is 1. The smallest absolute Gasteiger partial charge is 0.411 e. The van der Waals surface area contributed by atoms with Crippen LogP contribution in [0.25, 0.3) is 0 Å². The van der Waals surface area contributed by atoms with Crippen LogP contribution in [-0.2, 0) is 4.74 Å². The first-order valence-corrected chi connectivity index (χ1v) is 6.10. The monoisotopic (exact) mass is 260 g/mol. The van der Waals surface area contributed by atoms with Crippen molar-refractivity contribution in [2.75, 3.05) is 0 Å². The standard InChI is InChI=1S/C11H17ClN2O3/c1-11(2,3)17-10(15)14-7-4-6(7)5-8(14)9(12)13-16/h6-8,16H,4-5H2,1-3H3/t6-,7-,8-/m1/s1. The Morgan fingerprint density at radius 1 is 1.47 bits per heavy atom. The molecule has 3 atom stereocenters. The first-order valence-electron chi connectivity index (χ1n) is 5.72. The first kappa shape index (κ1) is 12.5. The Morgan fingerprint density at radius 2 is 2.12 bits per heavy atom. The predicted molar refractivity (Wildman–Crippen MR) is 63.4 cm³/mol. The molecule has 6 heteroatoms. The van der Waals surface area contributed by atoms with Gasteiger partial charge in [0.2, 0.25) is 0 Å². The SMILES string of the molecule is CC(C)(C)OC(=O)N1[C@@H](C(Cl)=NO)C[C@H]2C[C@H]21. The van der Waals surface area contributed by atoms with Gasteiger partial charge in [0, 0.05) is 6.04 Å². The summed E-state index contributed by atoms with van der Waals surface area (Å²) in [7, 11) is 0. The molecule has 5 nitrogen and oxygen atoms in total. The third-order valence-corrected chi connectivity index (χ3v) is 3.41. The fourth-order valence-electron chi connectivity index (χ4n) is 2.31. The number of halogens is 1. The van der Waals surface area contributed by atoms with Gasteiger partial charge in [0.25, 0.3) is 0 Å². The zero-order valence-electron chi connectivity index (χ0n) is 10.2. The maximum Gasteiger partial charge on any atom is 0.411 e. The van der Waals surface area contributed by atoms with Crippen LogP contribution in [0, 0.1) is 5.92 Å². The molecule has 1 saturated heterocycles. The predicted octanol–water partition coefficient (Wildman–Crippen LogP) is 2.41. The fraction of sp³-hybridized carbons (Fsp3) is 0.818. The van der Waals surface area contributed by atoms with E-state index in [2.05, 4.69) is 5.16 Å². The minimum Gasteiger partial charge on any atom is -0.444 e. The van der Waals surface area contributed by atoms with Crippen molar-refractivity contribution in [3.63, 3.8) is 0 Å². The number of carbonyl (C=O) groups excluding carboxylic acids is 1. The van der Waals surface area contributed by atoms with Gasteiger partial charge in [0.1, 0.15) is 5.60 Å². The number of nitrogens with zero attached hydrogens (tertiary/aromatic N) is 2. The van der Waals surface area contributed by atoms with E-state index < -0.39 is 5.60 Å². The molecule has 96 valence electrons. The number of amides is 1. The van der Waals surface area contributed by atoms with E-state index in [0.29, 0.717) is 5.92 Å². The van der Waals surface area contributed by atoms with Crippen LogP contribution in [-0.4, -0.2) is 39.1 Å². The lowest BCUT2D eigenvalue weighted by molar-refractivity contribution is 0.0231. The van der Waals surface area contributed by atoms with Crippen LogP contribution >= 0.6 is 11.6 Å². The molecule has 17 heavy (non-hydrogen) atoms. The molecular formula is C11H17ClN2O3. The quantitative estimate of drug-likeness (QED) is 0.447. The Bertz CT molecular complexity index is 364. The molecule has 0 radical (unpaired) electrons. The summed E-state index contributed by atoms with van der Waals surface area (Å²) in [6, 6.07) is -0.134. The zero-order chi connectivity index (χ0) is 12.8. The average molecular weight is 261 g/mol. The van der Waals surface area contributed by atoms with Crippen LogP contribution in [0.2, 0.25) is 0 Å². The minimum atomic E-state index is -0.530. The van der Waals surface area contributed by atoms with Crippen LogP contribution in [0.15, 0.2) is 5.16 Å². The summed E-state index contributed by atoms with van der Waals surface area (Å²) in [5, 5.41) is 11.8. The summed E-state index contributed by atoms with van der Waals surface area (Å²) in [6.45, 7) is 5.46. The van der Waals surface area contributed by atoms with Crippen molar-refractivity contribution in [1.29, 1.82) is 0 Å². The molecule has 1 saturated carbocycles. The van der Waals surface area contributed by atoms with Crippen molar-refractivity contribution in [3.8, 4) is 0 Å². The van der Waals surface area contributed by atoms with Crippen molar-refractivity contribution in [3.05, 3.63) is 0 Å². The largest absolute Gasteiger partial charge is 0.444 e. The van der Waals surface area contributed by atoms with E-state index in [4.69, 9.17) is 21.5 Å². The van der Waals surface area contributed by atoms with E-state index in [9.17, 15) is 4.79 Å². The van der Waals surface area contributed by atoms with Crippen molar-refractivity contribution in [2.24, 2.45) is 11.1 Å². The Labute approximate surface area is 105 Å². The van der Waals surface area contributed by atoms with E-state index in [-0.39, 0.29) is 23.3 Å². The van der Waals surface area contributed by atoms with Gasteiger partial charge >= 0.3 is 6.09 Å². The second-order valence-electron chi connectivity index (χ2n) is 5.62. The molecule has 0 bridgehead atoms. The molecule has 0 aromatic heterocycles. The van der Waals surface area contributed by atoms with E-state index in [1.807, 2.05) is 20.8 Å². The number of piperidine rings is 1. The number of carbonyl (C=O) groups is 1. The lowest BCUT2D eigenvalue weighted by Crippen LogP contribution is -2.44. The van der Waals surface area contributed by atoms with Gasteiger partial charge in [-0.05, 0) is 39.5 Å². The maximum atomic E-state index is 12.0. The molecule has 1 N–H and O–H groups in total. The van der Waals surface area contributed by atoms with Crippen LogP contribution in [0.4, 0.5) is 4.79 Å². The van der Waals surface area contributed by atoms with E-state index in [1.54, 1.807) is 4.90 Å². The van der Waals surface area contributed by atoms with Crippen molar-refractivity contribution >= 4 is 22.9 Å². The van der Waals surface area contributed by atoms with Crippen molar-refractivity contribution in [1.82, 2.24) is 4.90 Å². The van der Waals surface area contributed by atoms with Gasteiger partial charge in [-0.3, -0.25) is 4.90 Å². The van der Waals surface area contributed by atoms with Crippen molar-refractivity contribution < 1.29 is 14.7 Å². The number of ether oxygens (including phenoxy) is 1. The Morgan fingerprint density at radius 3 is 2.65 bits per heavy atom. The van der Waals surface area contributed by atoms with Crippen molar-refractivity contribution in [2.45, 2.75) is 51.3 Å². The molecule has 2 aliphatic rings. The van der Waals surface area contributed by atoms with Crippen LogP contribution in [0.1, 0.15) is 33.6 Å². The van der Waals surface area contributed by atoms with Gasteiger partial charge in [0.15, 0.2) is 5.17 Å². The summed E-state index contributed by atoms with van der Waals surface area (Å²) in [6.07, 6.45) is 1.37. The third kappa shape index (κ3) is 2.49. The van der Waals surface area contributed by atoms with Gasteiger partial charge in [-0.1, -0.05) is 16.8 Å². The molecule has 0 spiro atoms. The molecule has 0 aromatic rings. The molecule has 2 rings (SSSR count). The highest BCUT2D eigenvalue weighted by molar-refractivity contribution is 6.66. The lowest BCUT2D eigenvalue weighted by atomic mass is 10.2. The molecule has 1 aliphatic heterocycles. The van der Waals surface area contributed by atoms with Crippen LogP contribution < -0.4 is 0 Å². The fourth-order valence-corrected chi connectivity index (χ4v) is 2.51. The summed E-state index contributed by atoms with van der Waals surface area (Å²) < 4.78 is 5.34. The third-order valence-electron chi connectivity index (χ3n) is 3.08. The number of likely N-dealkylation sites (tertiary alicyclic amines) is 1. The van der Waals surface area contributed by atoms with Crippen LogP contribution in [0.5, 0.6) is 0 Å². The number of rotatable bonds is 1. The number of hydrogen-bond acceptors (Lipinski definition) is 4. The highest BCUT2D eigenvalue weighted by Gasteiger charge is 2.56. The van der Waals surface area contributed by atoms with Gasteiger partial charge in [-0.15, -0.1) is 0 Å². The first-order chi connectivity index (χ1) is 7.83. The van der Waals surface area contributed by atoms with E-state index in [0.717, 1.165) is 12.8 Å². The Kier molecular flexibility index (Phi) is 2.97. The van der Waals surface area contributed by atoms with E-state index in [1.165, 1.54) is 0 Å². The Hall–Kier alpha value is -0.970. The normalized spacial score (nSPS) is 32.4. The second-order valence-corrected chi connectivity index (χ2v) is 6.01. The topological polar surface area (TPSA) is 62.1 Å². The highest BCUT2D eigenvalue weighted by atomic mass is 35.5. The van der Waals surface area contributed by atoms with Crippen LogP contribution in [0.3, 0.4) is 0 Å². The number of hydrogen-bond donors (Lipinski definition) is 1. The molecule has 1 amide bonds. The van der Waals surface area contributed by atoms with Gasteiger partial charge in [-0.25, -0.2) is 4.79 Å². The zero-order valence-corrected chi connectivity index (χ0v) is 10.9. The summed E-state index contributed by atoms with van der Waals surface area (Å²) >= 11 is 5.82. The molecule has 1 aliphatic carbocycles. The molecular weight excluding hydrogens is 244 g/mol. The number of oxime groups is 1. The minimum absolute atomic E-state index is 0.0584. The lowest BCUT2D eigenvalue weighted by Gasteiger charge is -2.29. The molecule has 2 fully saturated rings. The van der Waals surface area contributed by atoms with Gasteiger partial charge < -0.3 is 9.94 Å². The van der Waals surface area contributed by atoms with E-state index >= 15 is 0 Å². The molecule has 0 unspecified atom stereocenters. The average Bonchev–Trinajstić information content (AvgIpc) is 2.85.